The van der Waals surface area contributed by atoms with E-state index in [1.165, 1.54) is 12.1 Å². The Morgan fingerprint density at radius 1 is 0.978 bits per heavy atom. The van der Waals surface area contributed by atoms with Gasteiger partial charge in [-0.1, -0.05) is 59.5 Å². The van der Waals surface area contributed by atoms with Gasteiger partial charge >= 0.3 is 11.0 Å². The number of H-pyrrole nitrogens is 1. The Labute approximate surface area is 268 Å². The van der Waals surface area contributed by atoms with Crippen molar-refractivity contribution in [2.45, 2.75) is 36.2 Å². The second kappa shape index (κ2) is 12.3. The van der Waals surface area contributed by atoms with Gasteiger partial charge in [-0.2, -0.15) is 13.2 Å². The van der Waals surface area contributed by atoms with Gasteiger partial charge in [0.25, 0.3) is 5.91 Å². The zero-order valence-electron chi connectivity index (χ0n) is 24.3. The minimum absolute atomic E-state index is 0.226. The van der Waals surface area contributed by atoms with E-state index < -0.39 is 57.1 Å². The SMILES string of the molecule is CCOc1cc(C2c3sc(=O)[nH]c3SC3C(=O)N(c4ccccc4C(F)(F)F)C(=O)C32)ccc1OCC(=O)Nc1ccccc1C. The first kappa shape index (κ1) is 31.4. The van der Waals surface area contributed by atoms with Crippen LogP contribution >= 0.6 is 23.1 Å². The highest BCUT2D eigenvalue weighted by molar-refractivity contribution is 8.00. The second-order valence-electron chi connectivity index (χ2n) is 10.6. The van der Waals surface area contributed by atoms with Gasteiger partial charge in [-0.15, -0.1) is 0 Å². The minimum Gasteiger partial charge on any atom is -0.490 e. The summed E-state index contributed by atoms with van der Waals surface area (Å²) in [5.41, 5.74) is 0.361. The molecule has 0 bridgehead atoms. The smallest absolute Gasteiger partial charge is 0.418 e. The maximum atomic E-state index is 14.0. The summed E-state index contributed by atoms with van der Waals surface area (Å²) >= 11 is 1.83. The molecule has 0 radical (unpaired) electrons. The number of carbonyl (C=O) groups is 3. The second-order valence-corrected chi connectivity index (χ2v) is 12.7. The maximum Gasteiger partial charge on any atom is 0.418 e. The number of amides is 3. The van der Waals surface area contributed by atoms with E-state index in [0.717, 1.165) is 40.8 Å². The number of alkyl halides is 3. The summed E-state index contributed by atoms with van der Waals surface area (Å²) in [5, 5.41) is 2.07. The summed E-state index contributed by atoms with van der Waals surface area (Å²) in [6, 6.07) is 16.5. The number of para-hydroxylation sites is 2. The van der Waals surface area contributed by atoms with Crippen LogP contribution in [0.4, 0.5) is 24.5 Å². The standard InChI is InChI=1S/C32H26F3N3O6S2/c1-3-43-22-14-17(12-13-21(22)44-15-23(39)36-19-10-6-4-8-16(19)2)24-25-27(45-28-26(24)46-31(42)37-28)30(41)38(29(25)40)20-11-7-5-9-18(20)32(33,34)35/h4-14,24-25,27H,3,15H2,1-2H3,(H,36,39)(H,37,42). The number of hydrogen-bond donors (Lipinski definition) is 2. The number of imide groups is 1. The van der Waals surface area contributed by atoms with Crippen LogP contribution in [0.3, 0.4) is 0 Å². The van der Waals surface area contributed by atoms with Crippen molar-refractivity contribution in [3.63, 3.8) is 0 Å². The number of aromatic amines is 1. The summed E-state index contributed by atoms with van der Waals surface area (Å²) in [5.74, 6) is -3.49. The van der Waals surface area contributed by atoms with Gasteiger partial charge in [0.1, 0.15) is 5.25 Å². The number of ether oxygens (including phenoxy) is 2. The Morgan fingerprint density at radius 3 is 2.46 bits per heavy atom. The molecule has 2 aliphatic rings. The average molecular weight is 670 g/mol. The topological polar surface area (TPSA) is 118 Å². The minimum atomic E-state index is -4.81. The summed E-state index contributed by atoms with van der Waals surface area (Å²) in [7, 11) is 0. The molecule has 14 heteroatoms. The Bertz CT molecular complexity index is 1910. The van der Waals surface area contributed by atoms with Crippen LogP contribution in [0, 0.1) is 12.8 Å². The van der Waals surface area contributed by atoms with Gasteiger partial charge in [0, 0.05) is 16.5 Å². The monoisotopic (exact) mass is 669 g/mol. The van der Waals surface area contributed by atoms with E-state index in [9.17, 15) is 32.3 Å². The number of thioether (sulfide) groups is 1. The Hall–Kier alpha value is -4.56. The molecule has 3 amide bonds. The van der Waals surface area contributed by atoms with E-state index in [1.54, 1.807) is 37.3 Å². The molecule has 1 fully saturated rings. The highest BCUT2D eigenvalue weighted by Crippen LogP contribution is 2.54. The molecular weight excluding hydrogens is 643 g/mol. The van der Waals surface area contributed by atoms with E-state index in [1.807, 2.05) is 19.1 Å². The molecule has 3 atom stereocenters. The first-order chi connectivity index (χ1) is 22.0. The van der Waals surface area contributed by atoms with Crippen molar-refractivity contribution in [2.75, 3.05) is 23.4 Å². The van der Waals surface area contributed by atoms with Gasteiger partial charge in [0.05, 0.1) is 28.8 Å². The molecule has 3 unspecified atom stereocenters. The molecule has 3 heterocycles. The van der Waals surface area contributed by atoms with Crippen molar-refractivity contribution in [3.05, 3.63) is 98.0 Å². The van der Waals surface area contributed by atoms with Crippen molar-refractivity contribution in [1.82, 2.24) is 4.98 Å². The lowest BCUT2D eigenvalue weighted by Crippen LogP contribution is -2.33. The molecule has 2 aliphatic heterocycles. The van der Waals surface area contributed by atoms with Crippen molar-refractivity contribution in [3.8, 4) is 11.5 Å². The first-order valence-corrected chi connectivity index (χ1v) is 15.9. The summed E-state index contributed by atoms with van der Waals surface area (Å²) in [6.45, 7) is 3.51. The number of fused-ring (bicyclic) bond motifs is 2. The Balaban J connectivity index is 1.34. The number of nitrogens with one attached hydrogen (secondary N) is 2. The molecule has 9 nitrogen and oxygen atoms in total. The normalized spacial score (nSPS) is 19.1. The molecule has 0 saturated carbocycles. The molecule has 1 saturated heterocycles. The van der Waals surface area contributed by atoms with E-state index in [-0.39, 0.29) is 24.7 Å². The molecule has 4 aromatic rings. The number of benzene rings is 3. The highest BCUT2D eigenvalue weighted by Gasteiger charge is 2.57. The number of halogens is 3. The van der Waals surface area contributed by atoms with E-state index in [2.05, 4.69) is 10.3 Å². The van der Waals surface area contributed by atoms with Gasteiger partial charge in [-0.05, 0) is 55.3 Å². The summed E-state index contributed by atoms with van der Waals surface area (Å²) < 4.78 is 53.4. The van der Waals surface area contributed by atoms with Crippen molar-refractivity contribution >= 4 is 52.2 Å². The van der Waals surface area contributed by atoms with Crippen LogP contribution in [0.2, 0.25) is 0 Å². The van der Waals surface area contributed by atoms with E-state index in [4.69, 9.17) is 9.47 Å². The molecule has 1 aromatic heterocycles. The molecule has 3 aromatic carbocycles. The fourth-order valence-electron chi connectivity index (χ4n) is 5.67. The maximum absolute atomic E-state index is 14.0. The van der Waals surface area contributed by atoms with Crippen molar-refractivity contribution in [2.24, 2.45) is 5.92 Å². The number of nitrogens with zero attached hydrogens (tertiary/aromatic N) is 1. The van der Waals surface area contributed by atoms with Crippen LogP contribution in [-0.4, -0.2) is 41.2 Å². The molecular formula is C32H26F3N3O6S2. The van der Waals surface area contributed by atoms with Crippen LogP contribution in [0.5, 0.6) is 11.5 Å². The Kier molecular flexibility index (Phi) is 8.42. The van der Waals surface area contributed by atoms with Crippen molar-refractivity contribution in [1.29, 1.82) is 0 Å². The fraction of sp³-hybridized carbons (Fsp3) is 0.250. The van der Waals surface area contributed by atoms with Gasteiger partial charge in [0.2, 0.25) is 11.8 Å². The van der Waals surface area contributed by atoms with Gasteiger partial charge in [-0.25, -0.2) is 4.90 Å². The van der Waals surface area contributed by atoms with Crippen LogP contribution in [0.1, 0.15) is 34.4 Å². The third-order valence-corrected chi connectivity index (χ3v) is 10.1. The zero-order chi connectivity index (χ0) is 32.7. The zero-order valence-corrected chi connectivity index (χ0v) is 26.0. The predicted octanol–water partition coefficient (Wildman–Crippen LogP) is 5.98. The Morgan fingerprint density at radius 2 is 1.72 bits per heavy atom. The number of carbonyl (C=O) groups excluding carboxylic acids is 3. The molecule has 46 heavy (non-hydrogen) atoms. The number of hydrogen-bond acceptors (Lipinski definition) is 8. The molecule has 238 valence electrons. The van der Waals surface area contributed by atoms with Crippen LogP contribution in [0.15, 0.2) is 76.6 Å². The molecule has 2 N–H and O–H groups in total. The average Bonchev–Trinajstić information content (AvgIpc) is 3.51. The predicted molar refractivity (Wildman–Crippen MR) is 167 cm³/mol. The largest absolute Gasteiger partial charge is 0.490 e. The molecule has 0 spiro atoms. The highest BCUT2D eigenvalue weighted by atomic mass is 32.2. The van der Waals surface area contributed by atoms with Gasteiger partial charge in [-0.3, -0.25) is 19.2 Å². The number of aryl methyl sites for hydroxylation is 1. The number of aromatic nitrogens is 1. The summed E-state index contributed by atoms with van der Waals surface area (Å²) in [4.78, 5) is 56.2. The first-order valence-electron chi connectivity index (χ1n) is 14.2. The molecule has 0 aliphatic carbocycles. The lowest BCUT2D eigenvalue weighted by molar-refractivity contribution is -0.137. The van der Waals surface area contributed by atoms with E-state index in [0.29, 0.717) is 26.1 Å². The third-order valence-electron chi connectivity index (χ3n) is 7.68. The van der Waals surface area contributed by atoms with Crippen LogP contribution in [-0.2, 0) is 20.6 Å². The quantitative estimate of drug-likeness (QED) is 0.222. The number of anilines is 2. The van der Waals surface area contributed by atoms with E-state index >= 15 is 0 Å². The van der Waals surface area contributed by atoms with Gasteiger partial charge < -0.3 is 19.8 Å². The lowest BCUT2D eigenvalue weighted by atomic mass is 9.83. The van der Waals surface area contributed by atoms with Crippen LogP contribution in [0.25, 0.3) is 0 Å². The lowest BCUT2D eigenvalue weighted by Gasteiger charge is -2.30. The van der Waals surface area contributed by atoms with Crippen molar-refractivity contribution < 1.29 is 37.0 Å². The summed E-state index contributed by atoms with van der Waals surface area (Å²) in [6.07, 6.45) is -4.81. The number of rotatable bonds is 8. The number of thiazole rings is 1. The fourth-order valence-corrected chi connectivity index (χ4v) is 8.19. The van der Waals surface area contributed by atoms with Crippen LogP contribution < -0.4 is 24.6 Å². The van der Waals surface area contributed by atoms with Gasteiger partial charge in [0.15, 0.2) is 18.1 Å². The third kappa shape index (κ3) is 5.78. The molecule has 6 rings (SSSR count).